The van der Waals surface area contributed by atoms with Crippen molar-refractivity contribution in [2.45, 2.75) is 6.42 Å². The van der Waals surface area contributed by atoms with Gasteiger partial charge in [-0.1, -0.05) is 158 Å². The second kappa shape index (κ2) is 12.5. The summed E-state index contributed by atoms with van der Waals surface area (Å²) in [5.74, 6) is 0.711. The molecule has 0 atom stereocenters. The van der Waals surface area contributed by atoms with Gasteiger partial charge in [-0.25, -0.2) is 9.97 Å². The van der Waals surface area contributed by atoms with E-state index < -0.39 is 0 Å². The van der Waals surface area contributed by atoms with Crippen LogP contribution in [0.15, 0.2) is 186 Å². The van der Waals surface area contributed by atoms with Crippen LogP contribution >= 0.6 is 0 Å². The number of hydrogen-bond donors (Lipinski definition) is 0. The fourth-order valence-electron chi connectivity index (χ4n) is 7.54. The van der Waals surface area contributed by atoms with E-state index in [1.165, 1.54) is 32.8 Å². The molecular formula is C49H32N2O. The van der Waals surface area contributed by atoms with Crippen molar-refractivity contribution in [2.75, 3.05) is 0 Å². The van der Waals surface area contributed by atoms with Crippen molar-refractivity contribution in [1.29, 1.82) is 0 Å². The van der Waals surface area contributed by atoms with Gasteiger partial charge in [-0.2, -0.15) is 0 Å². The van der Waals surface area contributed by atoms with Crippen LogP contribution < -0.4 is 0 Å². The van der Waals surface area contributed by atoms with E-state index in [0.717, 1.165) is 61.0 Å². The lowest BCUT2D eigenvalue weighted by molar-refractivity contribution is 0.670. The quantitative estimate of drug-likeness (QED) is 0.178. The number of hydrogen-bond acceptors (Lipinski definition) is 3. The molecule has 0 N–H and O–H groups in total. The Bertz CT molecular complexity index is 2910. The Morgan fingerprint density at radius 2 is 1.08 bits per heavy atom. The van der Waals surface area contributed by atoms with E-state index in [1.807, 2.05) is 24.3 Å². The molecule has 10 aromatic rings. The normalized spacial score (nSPS) is 11.5. The van der Waals surface area contributed by atoms with Crippen LogP contribution in [0.3, 0.4) is 0 Å². The second-order valence-corrected chi connectivity index (χ2v) is 13.4. The zero-order valence-electron chi connectivity index (χ0n) is 28.3. The highest BCUT2D eigenvalue weighted by molar-refractivity contribution is 6.24. The van der Waals surface area contributed by atoms with Crippen LogP contribution in [0.2, 0.25) is 0 Å². The predicted octanol–water partition coefficient (Wildman–Crippen LogP) is 12.9. The third-order valence-electron chi connectivity index (χ3n) is 10.1. The number of aromatic nitrogens is 2. The summed E-state index contributed by atoms with van der Waals surface area (Å²) in [4.78, 5) is 10.3. The standard InChI is InChI=1S/C49H32N2O/c1-3-11-32(12-4-1)29-40-31-44(51-49(50-40)37-15-5-2-6-16-37)43-27-26-42(48-47(43)46-41-18-10-9-14-35(41)25-28-45(46)52-48)36-22-19-34(20-23-36)39-24-21-33-13-7-8-17-38(33)30-39/h1-28,30-31H,29H2. The van der Waals surface area contributed by atoms with Crippen molar-refractivity contribution < 1.29 is 4.42 Å². The van der Waals surface area contributed by atoms with Crippen molar-refractivity contribution in [3.8, 4) is 44.9 Å². The maximum Gasteiger partial charge on any atom is 0.160 e. The topological polar surface area (TPSA) is 38.9 Å². The Kier molecular flexibility index (Phi) is 7.21. The zero-order valence-corrected chi connectivity index (χ0v) is 28.3. The van der Waals surface area contributed by atoms with Crippen molar-refractivity contribution in [2.24, 2.45) is 0 Å². The molecule has 10 rings (SSSR count). The van der Waals surface area contributed by atoms with Crippen molar-refractivity contribution in [1.82, 2.24) is 9.97 Å². The highest BCUT2D eigenvalue weighted by atomic mass is 16.3. The Morgan fingerprint density at radius 1 is 0.423 bits per heavy atom. The molecule has 2 heterocycles. The first-order chi connectivity index (χ1) is 25.7. The van der Waals surface area contributed by atoms with Crippen LogP contribution in [0.25, 0.3) is 88.4 Å². The van der Waals surface area contributed by atoms with Crippen LogP contribution in [0.1, 0.15) is 11.3 Å². The predicted molar refractivity (Wildman–Crippen MR) is 215 cm³/mol. The first kappa shape index (κ1) is 30.0. The van der Waals surface area contributed by atoms with Crippen LogP contribution in [0, 0.1) is 0 Å². The van der Waals surface area contributed by atoms with Gasteiger partial charge >= 0.3 is 0 Å². The summed E-state index contributed by atoms with van der Waals surface area (Å²) < 4.78 is 6.87. The molecule has 3 nitrogen and oxygen atoms in total. The molecule has 0 spiro atoms. The molecule has 0 radical (unpaired) electrons. The molecule has 8 aromatic carbocycles. The van der Waals surface area contributed by atoms with Gasteiger partial charge < -0.3 is 4.42 Å². The summed E-state index contributed by atoms with van der Waals surface area (Å²) >= 11 is 0. The van der Waals surface area contributed by atoms with Crippen molar-refractivity contribution in [3.05, 3.63) is 193 Å². The third kappa shape index (κ3) is 5.31. The molecule has 2 aromatic heterocycles. The first-order valence-corrected chi connectivity index (χ1v) is 17.7. The van der Waals surface area contributed by atoms with E-state index in [2.05, 4.69) is 158 Å². The second-order valence-electron chi connectivity index (χ2n) is 13.4. The van der Waals surface area contributed by atoms with Crippen LogP contribution in [0.5, 0.6) is 0 Å². The van der Waals surface area contributed by atoms with Gasteiger partial charge in [0, 0.05) is 39.6 Å². The van der Waals surface area contributed by atoms with E-state index in [9.17, 15) is 0 Å². The van der Waals surface area contributed by atoms with Gasteiger partial charge in [0.1, 0.15) is 11.2 Å². The zero-order chi connectivity index (χ0) is 34.4. The van der Waals surface area contributed by atoms with Gasteiger partial charge in [-0.05, 0) is 68.1 Å². The number of nitrogens with zero attached hydrogens (tertiary/aromatic N) is 2. The fraction of sp³-hybridized carbons (Fsp3) is 0.0204. The highest BCUT2D eigenvalue weighted by Crippen LogP contribution is 2.44. The number of furan rings is 1. The monoisotopic (exact) mass is 664 g/mol. The smallest absolute Gasteiger partial charge is 0.160 e. The fourth-order valence-corrected chi connectivity index (χ4v) is 7.54. The summed E-state index contributed by atoms with van der Waals surface area (Å²) in [7, 11) is 0. The molecule has 0 amide bonds. The summed E-state index contributed by atoms with van der Waals surface area (Å²) in [6.07, 6.45) is 0.704. The molecular weight excluding hydrogens is 633 g/mol. The molecule has 0 saturated carbocycles. The van der Waals surface area contributed by atoms with E-state index in [-0.39, 0.29) is 0 Å². The number of rotatable bonds is 6. The molecule has 0 fully saturated rings. The lowest BCUT2D eigenvalue weighted by atomic mass is 9.93. The summed E-state index contributed by atoms with van der Waals surface area (Å²) in [5.41, 5.74) is 11.3. The van der Waals surface area contributed by atoms with E-state index in [0.29, 0.717) is 12.2 Å². The average Bonchev–Trinajstić information content (AvgIpc) is 3.61. The molecule has 0 aliphatic rings. The minimum absolute atomic E-state index is 0.704. The van der Waals surface area contributed by atoms with E-state index in [4.69, 9.17) is 14.4 Å². The van der Waals surface area contributed by atoms with Gasteiger partial charge in [0.25, 0.3) is 0 Å². The van der Waals surface area contributed by atoms with Crippen molar-refractivity contribution in [3.63, 3.8) is 0 Å². The molecule has 0 aliphatic heterocycles. The highest BCUT2D eigenvalue weighted by Gasteiger charge is 2.21. The van der Waals surface area contributed by atoms with E-state index in [1.54, 1.807) is 0 Å². The maximum atomic E-state index is 6.87. The lowest BCUT2D eigenvalue weighted by Crippen LogP contribution is -2.00. The molecule has 0 saturated heterocycles. The molecule has 3 heteroatoms. The molecule has 52 heavy (non-hydrogen) atoms. The average molecular weight is 665 g/mol. The number of benzene rings is 8. The lowest BCUT2D eigenvalue weighted by Gasteiger charge is -2.12. The Labute approximate surface area is 301 Å². The molecule has 0 unspecified atom stereocenters. The maximum absolute atomic E-state index is 6.87. The van der Waals surface area contributed by atoms with Crippen LogP contribution in [-0.4, -0.2) is 9.97 Å². The largest absolute Gasteiger partial charge is 0.455 e. The Balaban J connectivity index is 1.18. The summed E-state index contributed by atoms with van der Waals surface area (Å²) in [5, 5.41) is 6.97. The van der Waals surface area contributed by atoms with Gasteiger partial charge in [-0.3, -0.25) is 0 Å². The summed E-state index contributed by atoms with van der Waals surface area (Å²) in [6, 6.07) is 64.1. The minimum Gasteiger partial charge on any atom is -0.455 e. The van der Waals surface area contributed by atoms with Crippen LogP contribution in [0.4, 0.5) is 0 Å². The summed E-state index contributed by atoms with van der Waals surface area (Å²) in [6.45, 7) is 0. The van der Waals surface area contributed by atoms with Gasteiger partial charge in [0.15, 0.2) is 5.82 Å². The van der Waals surface area contributed by atoms with Gasteiger partial charge in [0.05, 0.1) is 5.69 Å². The molecule has 244 valence electrons. The third-order valence-corrected chi connectivity index (χ3v) is 10.1. The molecule has 0 aliphatic carbocycles. The van der Waals surface area contributed by atoms with Gasteiger partial charge in [0.2, 0.25) is 0 Å². The van der Waals surface area contributed by atoms with Gasteiger partial charge in [-0.15, -0.1) is 0 Å². The van der Waals surface area contributed by atoms with Crippen molar-refractivity contribution >= 4 is 43.5 Å². The number of fused-ring (bicyclic) bond motifs is 6. The minimum atomic E-state index is 0.704. The van der Waals surface area contributed by atoms with E-state index >= 15 is 0 Å². The Morgan fingerprint density at radius 3 is 1.90 bits per heavy atom. The SMILES string of the molecule is c1ccc(Cc2cc(-c3ccc(-c4ccc(-c5ccc6ccccc6c5)cc4)c4oc5ccc6ccccc6c5c34)nc(-c3ccccc3)n2)cc1. The first-order valence-electron chi connectivity index (χ1n) is 17.7. The van der Waals surface area contributed by atoms with Crippen LogP contribution in [-0.2, 0) is 6.42 Å². The Hall–Kier alpha value is -6.84. The molecule has 0 bridgehead atoms.